The zero-order valence-electron chi connectivity index (χ0n) is 18.3. The fourth-order valence-electron chi connectivity index (χ4n) is 3.25. The lowest BCUT2D eigenvalue weighted by molar-refractivity contribution is -0.137. The summed E-state index contributed by atoms with van der Waals surface area (Å²) < 4.78 is 38.7. The highest BCUT2D eigenvalue weighted by atomic mass is 19.4. The van der Waals surface area contributed by atoms with E-state index in [9.17, 15) is 22.8 Å². The minimum Gasteiger partial charge on any atom is -0.348 e. The summed E-state index contributed by atoms with van der Waals surface area (Å²) in [5, 5.41) is 2.61. The Labute approximate surface area is 190 Å². The lowest BCUT2D eigenvalue weighted by Crippen LogP contribution is -2.38. The Morgan fingerprint density at radius 3 is 2.18 bits per heavy atom. The molecule has 2 amide bonds. The third-order valence-corrected chi connectivity index (χ3v) is 4.82. The largest absolute Gasteiger partial charge is 0.416 e. The Morgan fingerprint density at radius 1 is 0.848 bits per heavy atom. The zero-order valence-corrected chi connectivity index (χ0v) is 18.3. The van der Waals surface area contributed by atoms with Crippen LogP contribution in [0, 0.1) is 0 Å². The van der Waals surface area contributed by atoms with Gasteiger partial charge in [0.15, 0.2) is 0 Å². The highest BCUT2D eigenvalue weighted by molar-refractivity contribution is 6.06. The topological polar surface area (TPSA) is 52.6 Å². The average Bonchev–Trinajstić information content (AvgIpc) is 2.80. The molecule has 0 heterocycles. The van der Waals surface area contributed by atoms with Gasteiger partial charge in [0.25, 0.3) is 11.8 Å². The molecule has 33 heavy (non-hydrogen) atoms. The summed E-state index contributed by atoms with van der Waals surface area (Å²) in [4.78, 5) is 29.1. The van der Waals surface area contributed by atoms with Crippen molar-refractivity contribution in [2.75, 3.05) is 25.7 Å². The van der Waals surface area contributed by atoms with Gasteiger partial charge < -0.3 is 5.32 Å². The van der Waals surface area contributed by atoms with Gasteiger partial charge in [-0.1, -0.05) is 36.4 Å². The Hall–Kier alpha value is -3.65. The first kappa shape index (κ1) is 24.0. The van der Waals surface area contributed by atoms with Gasteiger partial charge >= 0.3 is 6.18 Å². The Balaban J connectivity index is 1.74. The van der Waals surface area contributed by atoms with E-state index in [1.165, 1.54) is 12.1 Å². The molecule has 0 spiro atoms. The predicted octanol–water partition coefficient (Wildman–Crippen LogP) is 4.80. The molecule has 1 N–H and O–H groups in total. The maximum absolute atomic E-state index is 13.2. The number of hydrogen-bond acceptors (Lipinski definition) is 3. The van der Waals surface area contributed by atoms with Crippen molar-refractivity contribution in [3.05, 3.63) is 101 Å². The number of halogens is 3. The second-order valence-corrected chi connectivity index (χ2v) is 7.75. The summed E-state index contributed by atoms with van der Waals surface area (Å²) in [6.45, 7) is 0.439. The number of nitrogens with one attached hydrogen (secondary N) is 1. The Kier molecular flexibility index (Phi) is 7.50. The van der Waals surface area contributed by atoms with Gasteiger partial charge in [-0.3, -0.25) is 19.4 Å². The van der Waals surface area contributed by atoms with Crippen LogP contribution in [0.4, 0.5) is 18.9 Å². The van der Waals surface area contributed by atoms with Crippen LogP contribution in [0.1, 0.15) is 31.8 Å². The van der Waals surface area contributed by atoms with E-state index in [2.05, 4.69) is 5.32 Å². The van der Waals surface area contributed by atoms with Crippen LogP contribution < -0.4 is 10.2 Å². The second kappa shape index (κ2) is 10.3. The molecule has 0 saturated heterocycles. The molecule has 3 aromatic carbocycles. The SMILES string of the molecule is CN(C)CN(C(=O)c1cccc(CNC(=O)c2cccc(C(F)(F)F)c2)c1)c1ccccc1. The standard InChI is InChI=1S/C25H24F3N3O2/c1-30(2)17-31(22-12-4-3-5-13-22)24(33)20-10-6-8-18(14-20)16-29-23(32)19-9-7-11-21(15-19)25(26,27)28/h3-15H,16-17H2,1-2H3,(H,29,32). The van der Waals surface area contributed by atoms with E-state index in [-0.39, 0.29) is 18.0 Å². The van der Waals surface area contributed by atoms with Crippen molar-refractivity contribution in [1.82, 2.24) is 10.2 Å². The molecule has 0 aromatic heterocycles. The van der Waals surface area contributed by atoms with Crippen molar-refractivity contribution in [3.63, 3.8) is 0 Å². The molecule has 0 saturated carbocycles. The van der Waals surface area contributed by atoms with Crippen LogP contribution in [0.3, 0.4) is 0 Å². The Morgan fingerprint density at radius 2 is 1.52 bits per heavy atom. The van der Waals surface area contributed by atoms with E-state index < -0.39 is 17.6 Å². The van der Waals surface area contributed by atoms with Gasteiger partial charge in [-0.2, -0.15) is 13.2 Å². The van der Waals surface area contributed by atoms with Crippen LogP contribution in [-0.4, -0.2) is 37.5 Å². The maximum Gasteiger partial charge on any atom is 0.416 e. The fraction of sp³-hybridized carbons (Fsp3) is 0.200. The van der Waals surface area contributed by atoms with Crippen LogP contribution in [0.5, 0.6) is 0 Å². The summed E-state index contributed by atoms with van der Waals surface area (Å²) in [5.74, 6) is -0.836. The third kappa shape index (κ3) is 6.43. The van der Waals surface area contributed by atoms with E-state index >= 15 is 0 Å². The number of anilines is 1. The monoisotopic (exact) mass is 455 g/mol. The van der Waals surface area contributed by atoms with Crippen molar-refractivity contribution in [2.24, 2.45) is 0 Å². The van der Waals surface area contributed by atoms with Crippen LogP contribution >= 0.6 is 0 Å². The van der Waals surface area contributed by atoms with Gasteiger partial charge in [-0.15, -0.1) is 0 Å². The van der Waals surface area contributed by atoms with Crippen molar-refractivity contribution in [2.45, 2.75) is 12.7 Å². The normalized spacial score (nSPS) is 11.3. The smallest absolute Gasteiger partial charge is 0.348 e. The number of carbonyl (C=O) groups is 2. The van der Waals surface area contributed by atoms with E-state index in [0.717, 1.165) is 17.8 Å². The summed E-state index contributed by atoms with van der Waals surface area (Å²) in [5.41, 5.74) is 0.868. The van der Waals surface area contributed by atoms with Crippen molar-refractivity contribution >= 4 is 17.5 Å². The van der Waals surface area contributed by atoms with E-state index in [1.807, 2.05) is 49.3 Å². The molecule has 172 valence electrons. The number of para-hydroxylation sites is 1. The number of benzene rings is 3. The van der Waals surface area contributed by atoms with E-state index in [4.69, 9.17) is 0 Å². The van der Waals surface area contributed by atoms with Crippen molar-refractivity contribution in [1.29, 1.82) is 0 Å². The number of carbonyl (C=O) groups excluding carboxylic acids is 2. The molecule has 0 atom stereocenters. The van der Waals surface area contributed by atoms with Gasteiger partial charge in [-0.05, 0) is 62.1 Å². The van der Waals surface area contributed by atoms with Crippen LogP contribution in [-0.2, 0) is 12.7 Å². The van der Waals surface area contributed by atoms with Gasteiger partial charge in [-0.25, -0.2) is 0 Å². The van der Waals surface area contributed by atoms with Crippen molar-refractivity contribution < 1.29 is 22.8 Å². The fourth-order valence-corrected chi connectivity index (χ4v) is 3.25. The first-order chi connectivity index (χ1) is 15.6. The number of hydrogen-bond donors (Lipinski definition) is 1. The Bertz CT molecular complexity index is 1120. The molecule has 0 aliphatic heterocycles. The molecule has 0 aliphatic rings. The lowest BCUT2D eigenvalue weighted by atomic mass is 10.1. The quantitative estimate of drug-likeness (QED) is 0.521. The molecule has 0 radical (unpaired) electrons. The summed E-state index contributed by atoms with van der Waals surface area (Å²) in [7, 11) is 3.73. The summed E-state index contributed by atoms with van der Waals surface area (Å²) >= 11 is 0. The summed E-state index contributed by atoms with van der Waals surface area (Å²) in [6.07, 6.45) is -4.53. The lowest BCUT2D eigenvalue weighted by Gasteiger charge is -2.26. The molecular formula is C25H24F3N3O2. The minimum atomic E-state index is -4.53. The number of rotatable bonds is 7. The molecule has 3 aromatic rings. The highest BCUT2D eigenvalue weighted by Gasteiger charge is 2.30. The highest BCUT2D eigenvalue weighted by Crippen LogP contribution is 2.29. The van der Waals surface area contributed by atoms with Gasteiger partial charge in [0, 0.05) is 23.4 Å². The number of alkyl halides is 3. The first-order valence-corrected chi connectivity index (χ1v) is 10.2. The van der Waals surface area contributed by atoms with Crippen LogP contribution in [0.25, 0.3) is 0 Å². The average molecular weight is 455 g/mol. The number of amides is 2. The third-order valence-electron chi connectivity index (χ3n) is 4.82. The zero-order chi connectivity index (χ0) is 24.0. The van der Waals surface area contributed by atoms with Gasteiger partial charge in [0.1, 0.15) is 0 Å². The predicted molar refractivity (Wildman–Crippen MR) is 121 cm³/mol. The van der Waals surface area contributed by atoms with Gasteiger partial charge in [0.05, 0.1) is 12.2 Å². The van der Waals surface area contributed by atoms with E-state index in [1.54, 1.807) is 29.2 Å². The first-order valence-electron chi connectivity index (χ1n) is 10.2. The molecule has 8 heteroatoms. The molecule has 0 aliphatic carbocycles. The molecule has 3 rings (SSSR count). The summed E-state index contributed by atoms with van der Waals surface area (Å²) in [6, 6.07) is 20.3. The molecule has 0 bridgehead atoms. The van der Waals surface area contributed by atoms with Crippen LogP contribution in [0.15, 0.2) is 78.9 Å². The second-order valence-electron chi connectivity index (χ2n) is 7.75. The molecule has 0 fully saturated rings. The molecular weight excluding hydrogens is 431 g/mol. The number of nitrogens with zero attached hydrogens (tertiary/aromatic N) is 2. The maximum atomic E-state index is 13.2. The van der Waals surface area contributed by atoms with Crippen LogP contribution in [0.2, 0.25) is 0 Å². The minimum absolute atomic E-state index is 0.0647. The molecule has 0 unspecified atom stereocenters. The van der Waals surface area contributed by atoms with E-state index in [0.29, 0.717) is 17.8 Å². The molecule has 5 nitrogen and oxygen atoms in total. The van der Waals surface area contributed by atoms with Crippen molar-refractivity contribution in [3.8, 4) is 0 Å². The van der Waals surface area contributed by atoms with Gasteiger partial charge in [0.2, 0.25) is 0 Å².